The molecule has 2 fully saturated rings. The fourth-order valence-corrected chi connectivity index (χ4v) is 4.69. The number of hydrogen-bond acceptors (Lipinski definition) is 6. The van der Waals surface area contributed by atoms with Gasteiger partial charge in [0.1, 0.15) is 11.5 Å². The molecule has 2 aliphatic rings. The minimum absolute atomic E-state index is 0.0486. The maximum Gasteiger partial charge on any atom is 0.154 e. The van der Waals surface area contributed by atoms with E-state index >= 15 is 0 Å². The molecule has 2 aliphatic heterocycles. The van der Waals surface area contributed by atoms with Gasteiger partial charge in [-0.1, -0.05) is 36.4 Å². The predicted octanol–water partition coefficient (Wildman–Crippen LogP) is 4.08. The van der Waals surface area contributed by atoms with Crippen LogP contribution in [-0.4, -0.2) is 67.6 Å². The molecule has 188 valence electrons. The highest BCUT2D eigenvalue weighted by Gasteiger charge is 2.28. The van der Waals surface area contributed by atoms with Gasteiger partial charge in [-0.05, 0) is 41.0 Å². The van der Waals surface area contributed by atoms with Gasteiger partial charge in [0.15, 0.2) is 5.76 Å². The van der Waals surface area contributed by atoms with Crippen molar-refractivity contribution in [2.75, 3.05) is 52.5 Å². The minimum Gasteiger partial charge on any atom is -0.463 e. The Hall–Kier alpha value is -3.30. The molecule has 2 aromatic heterocycles. The van der Waals surface area contributed by atoms with E-state index in [0.29, 0.717) is 0 Å². The van der Waals surface area contributed by atoms with Gasteiger partial charge in [-0.2, -0.15) is 5.10 Å². The lowest BCUT2D eigenvalue weighted by Gasteiger charge is -2.35. The summed E-state index contributed by atoms with van der Waals surface area (Å²) in [5, 5.41) is 14.1. The van der Waals surface area contributed by atoms with Crippen LogP contribution >= 0.6 is 0 Å². The van der Waals surface area contributed by atoms with E-state index in [1.807, 2.05) is 24.4 Å². The fourth-order valence-electron chi connectivity index (χ4n) is 4.69. The zero-order valence-corrected chi connectivity index (χ0v) is 20.3. The molecule has 4 heterocycles. The first kappa shape index (κ1) is 24.4. The second kappa shape index (κ2) is 12.1. The SMILES string of the molecule is C1COCCN1.Fc1cccc(-c2ccc(C(c3c[nH]nc3-c3ccco3)N3CCNCC3)cc2)c1. The zero-order valence-electron chi connectivity index (χ0n) is 20.3. The molecule has 0 spiro atoms. The third-order valence-electron chi connectivity index (χ3n) is 6.47. The van der Waals surface area contributed by atoms with Crippen LogP contribution in [-0.2, 0) is 4.74 Å². The van der Waals surface area contributed by atoms with Crippen LogP contribution in [0.3, 0.4) is 0 Å². The van der Waals surface area contributed by atoms with E-state index in [4.69, 9.17) is 9.15 Å². The van der Waals surface area contributed by atoms with Crippen molar-refractivity contribution < 1.29 is 13.5 Å². The first-order valence-electron chi connectivity index (χ1n) is 12.5. The normalized spacial score (nSPS) is 17.2. The van der Waals surface area contributed by atoms with E-state index in [1.165, 1.54) is 11.6 Å². The van der Waals surface area contributed by atoms with Crippen molar-refractivity contribution in [3.63, 3.8) is 0 Å². The van der Waals surface area contributed by atoms with Crippen molar-refractivity contribution in [3.05, 3.63) is 90.1 Å². The van der Waals surface area contributed by atoms with Gasteiger partial charge in [0.2, 0.25) is 0 Å². The second-order valence-electron chi connectivity index (χ2n) is 8.85. The first-order chi connectivity index (χ1) is 17.8. The molecule has 1 atom stereocenters. The Balaban J connectivity index is 0.000000391. The molecular weight excluding hydrogens is 457 g/mol. The van der Waals surface area contributed by atoms with Crippen LogP contribution in [0.15, 0.2) is 77.5 Å². The number of rotatable bonds is 5. The Labute approximate surface area is 210 Å². The number of morpholine rings is 1. The highest BCUT2D eigenvalue weighted by molar-refractivity contribution is 5.64. The first-order valence-corrected chi connectivity index (χ1v) is 12.5. The number of H-pyrrole nitrogens is 1. The van der Waals surface area contributed by atoms with Crippen LogP contribution in [0.1, 0.15) is 17.2 Å². The Morgan fingerprint density at radius 1 is 0.861 bits per heavy atom. The molecule has 0 amide bonds. The van der Waals surface area contributed by atoms with Crippen molar-refractivity contribution in [3.8, 4) is 22.6 Å². The number of benzene rings is 2. The van der Waals surface area contributed by atoms with Crippen molar-refractivity contribution >= 4 is 0 Å². The van der Waals surface area contributed by atoms with Crippen molar-refractivity contribution in [2.24, 2.45) is 0 Å². The number of ether oxygens (including phenoxy) is 1. The molecule has 8 heteroatoms. The summed E-state index contributed by atoms with van der Waals surface area (Å²) in [7, 11) is 0. The number of nitrogens with one attached hydrogen (secondary N) is 3. The van der Waals surface area contributed by atoms with Crippen molar-refractivity contribution in [2.45, 2.75) is 6.04 Å². The Kier molecular flexibility index (Phi) is 8.20. The lowest BCUT2D eigenvalue weighted by molar-refractivity contribution is 0.109. The highest BCUT2D eigenvalue weighted by Crippen LogP contribution is 2.35. The topological polar surface area (TPSA) is 78.3 Å². The summed E-state index contributed by atoms with van der Waals surface area (Å²) < 4.78 is 24.3. The molecule has 0 radical (unpaired) electrons. The Bertz CT molecular complexity index is 1190. The number of aromatic amines is 1. The Morgan fingerprint density at radius 3 is 2.28 bits per heavy atom. The van der Waals surface area contributed by atoms with Crippen LogP contribution in [0.5, 0.6) is 0 Å². The number of aromatic nitrogens is 2. The van der Waals surface area contributed by atoms with E-state index in [-0.39, 0.29) is 11.9 Å². The number of nitrogens with zero attached hydrogens (tertiary/aromatic N) is 2. The smallest absolute Gasteiger partial charge is 0.154 e. The second-order valence-corrected chi connectivity index (χ2v) is 8.85. The van der Waals surface area contributed by atoms with Gasteiger partial charge in [-0.15, -0.1) is 0 Å². The van der Waals surface area contributed by atoms with Gasteiger partial charge in [0.05, 0.1) is 25.5 Å². The monoisotopic (exact) mass is 489 g/mol. The number of hydrogen-bond donors (Lipinski definition) is 3. The number of halogens is 1. The fraction of sp³-hybridized carbons (Fsp3) is 0.321. The van der Waals surface area contributed by atoms with Gasteiger partial charge in [0.25, 0.3) is 0 Å². The average molecular weight is 490 g/mol. The average Bonchev–Trinajstić information content (AvgIpc) is 3.64. The molecule has 4 aromatic rings. The van der Waals surface area contributed by atoms with E-state index in [0.717, 1.165) is 80.6 Å². The summed E-state index contributed by atoms with van der Waals surface area (Å²) in [6.45, 7) is 7.62. The van der Waals surface area contributed by atoms with Crippen LogP contribution in [0, 0.1) is 5.82 Å². The molecule has 3 N–H and O–H groups in total. The summed E-state index contributed by atoms with van der Waals surface area (Å²) in [4.78, 5) is 2.46. The van der Waals surface area contributed by atoms with Crippen molar-refractivity contribution in [1.29, 1.82) is 0 Å². The number of piperazine rings is 1. The van der Waals surface area contributed by atoms with Crippen LogP contribution < -0.4 is 10.6 Å². The third-order valence-corrected chi connectivity index (χ3v) is 6.47. The minimum atomic E-state index is -0.225. The van der Waals surface area contributed by atoms with Crippen molar-refractivity contribution in [1.82, 2.24) is 25.7 Å². The van der Waals surface area contributed by atoms with E-state index in [9.17, 15) is 4.39 Å². The molecule has 0 bridgehead atoms. The summed E-state index contributed by atoms with van der Waals surface area (Å²) in [6.07, 6.45) is 3.63. The highest BCUT2D eigenvalue weighted by atomic mass is 19.1. The molecule has 0 aliphatic carbocycles. The number of furan rings is 1. The van der Waals surface area contributed by atoms with Crippen LogP contribution in [0.4, 0.5) is 4.39 Å². The summed E-state index contributed by atoms with van der Waals surface area (Å²) >= 11 is 0. The van der Waals surface area contributed by atoms with Gasteiger partial charge < -0.3 is 19.8 Å². The van der Waals surface area contributed by atoms with Gasteiger partial charge in [-0.3, -0.25) is 10.00 Å². The molecule has 7 nitrogen and oxygen atoms in total. The van der Waals surface area contributed by atoms with Crippen LogP contribution in [0.25, 0.3) is 22.6 Å². The van der Waals surface area contributed by atoms with Gasteiger partial charge in [0, 0.05) is 51.0 Å². The maximum atomic E-state index is 13.6. The van der Waals surface area contributed by atoms with E-state index in [2.05, 4.69) is 50.0 Å². The zero-order chi connectivity index (χ0) is 24.6. The summed E-state index contributed by atoms with van der Waals surface area (Å²) in [6, 6.07) is 18.9. The summed E-state index contributed by atoms with van der Waals surface area (Å²) in [5.41, 5.74) is 4.96. The third kappa shape index (κ3) is 5.91. The molecule has 2 saturated heterocycles. The Morgan fingerprint density at radius 2 is 1.64 bits per heavy atom. The van der Waals surface area contributed by atoms with Gasteiger partial charge in [-0.25, -0.2) is 4.39 Å². The van der Waals surface area contributed by atoms with Gasteiger partial charge >= 0.3 is 0 Å². The van der Waals surface area contributed by atoms with E-state index in [1.54, 1.807) is 18.4 Å². The molecule has 2 aromatic carbocycles. The lowest BCUT2D eigenvalue weighted by Crippen LogP contribution is -2.45. The van der Waals surface area contributed by atoms with Crippen LogP contribution in [0.2, 0.25) is 0 Å². The largest absolute Gasteiger partial charge is 0.463 e. The molecular formula is C28H32FN5O2. The maximum absolute atomic E-state index is 13.6. The van der Waals surface area contributed by atoms with E-state index < -0.39 is 0 Å². The summed E-state index contributed by atoms with van der Waals surface area (Å²) in [5.74, 6) is 0.527. The molecule has 6 rings (SSSR count). The molecule has 1 unspecified atom stereocenters. The molecule has 0 saturated carbocycles. The molecule has 36 heavy (non-hydrogen) atoms. The predicted molar refractivity (Wildman–Crippen MR) is 138 cm³/mol. The quantitative estimate of drug-likeness (QED) is 0.392. The standard InChI is InChI=1S/C24H23FN4O.C4H9NO/c25-20-4-1-3-19(15-20)17-6-8-18(9-7-17)24(29-12-10-26-11-13-29)21-16-27-28-23(21)22-5-2-14-30-22;1-3-6-4-2-5-1/h1-9,14-16,24,26H,10-13H2,(H,27,28);5H,1-4H2. The lowest BCUT2D eigenvalue weighted by atomic mass is 9.94.